The predicted molar refractivity (Wildman–Crippen MR) is 132 cm³/mol. The largest absolute Gasteiger partial charge is 0.340 e. The van der Waals surface area contributed by atoms with Gasteiger partial charge in [-0.2, -0.15) is 5.10 Å². The van der Waals surface area contributed by atoms with Gasteiger partial charge in [-0.1, -0.05) is 24.3 Å². The topological polar surface area (TPSA) is 98.8 Å². The van der Waals surface area contributed by atoms with Crippen molar-refractivity contribution in [2.45, 2.75) is 0 Å². The van der Waals surface area contributed by atoms with Gasteiger partial charge in [-0.3, -0.25) is 9.89 Å². The second kappa shape index (κ2) is 8.68. The monoisotopic (exact) mass is 437 g/mol. The van der Waals surface area contributed by atoms with Gasteiger partial charge in [-0.15, -0.1) is 0 Å². The second-order valence-electron chi connectivity index (χ2n) is 8.08. The summed E-state index contributed by atoms with van der Waals surface area (Å²) in [5.41, 5.74) is 4.23. The smallest absolute Gasteiger partial charge is 0.238 e. The first-order valence-corrected chi connectivity index (χ1v) is 10.6. The van der Waals surface area contributed by atoms with Crippen LogP contribution < -0.4 is 10.6 Å². The minimum atomic E-state index is -0.0754. The number of H-pyrrole nitrogens is 1. The van der Waals surface area contributed by atoms with Gasteiger partial charge in [0.05, 0.1) is 23.8 Å². The molecule has 0 aliphatic carbocycles. The highest BCUT2D eigenvalue weighted by Crippen LogP contribution is 2.29. The van der Waals surface area contributed by atoms with Crippen molar-refractivity contribution in [2.24, 2.45) is 0 Å². The van der Waals surface area contributed by atoms with Gasteiger partial charge in [0.1, 0.15) is 5.82 Å². The Labute approximate surface area is 190 Å². The highest BCUT2D eigenvalue weighted by atomic mass is 16.2. The van der Waals surface area contributed by atoms with E-state index in [-0.39, 0.29) is 5.91 Å². The molecule has 0 atom stereocenters. The van der Waals surface area contributed by atoms with Crippen molar-refractivity contribution in [1.29, 1.82) is 0 Å². The lowest BCUT2D eigenvalue weighted by atomic mass is 10.1. The van der Waals surface area contributed by atoms with E-state index in [4.69, 9.17) is 9.97 Å². The summed E-state index contributed by atoms with van der Waals surface area (Å²) >= 11 is 0. The molecule has 1 amide bonds. The van der Waals surface area contributed by atoms with Crippen LogP contribution in [0.25, 0.3) is 33.2 Å². The molecule has 33 heavy (non-hydrogen) atoms. The van der Waals surface area contributed by atoms with Crippen molar-refractivity contribution < 1.29 is 4.79 Å². The van der Waals surface area contributed by atoms with Crippen LogP contribution in [-0.2, 0) is 4.79 Å². The molecular formula is C25H23N7O. The fourth-order valence-electron chi connectivity index (χ4n) is 3.68. The SMILES string of the molecule is CN(C)CC(=O)Nc1cccc(-c2nc(Nc3ccc4[nH]ncc4c3)c3ccccc3n2)c1. The first kappa shape index (κ1) is 20.6. The molecule has 0 fully saturated rings. The van der Waals surface area contributed by atoms with Crippen molar-refractivity contribution in [3.63, 3.8) is 0 Å². The van der Waals surface area contributed by atoms with E-state index in [1.165, 1.54) is 0 Å². The zero-order valence-corrected chi connectivity index (χ0v) is 18.3. The highest BCUT2D eigenvalue weighted by molar-refractivity contribution is 5.94. The number of likely N-dealkylation sites (N-methyl/N-ethyl adjacent to an activating group) is 1. The summed E-state index contributed by atoms with van der Waals surface area (Å²) in [7, 11) is 3.72. The number of nitrogens with zero attached hydrogens (tertiary/aromatic N) is 4. The molecule has 5 aromatic rings. The van der Waals surface area contributed by atoms with Crippen LogP contribution in [-0.4, -0.2) is 51.6 Å². The van der Waals surface area contributed by atoms with Crippen LogP contribution in [0, 0.1) is 0 Å². The summed E-state index contributed by atoms with van der Waals surface area (Å²) in [4.78, 5) is 23.6. The van der Waals surface area contributed by atoms with E-state index in [9.17, 15) is 4.79 Å². The van der Waals surface area contributed by atoms with E-state index in [0.29, 0.717) is 23.9 Å². The molecule has 3 N–H and O–H groups in total. The standard InChI is InChI=1S/C25H23N7O/c1-32(2)15-23(33)27-18-7-5-6-16(12-18)24-29-22-9-4-3-8-20(22)25(30-24)28-19-10-11-21-17(13-19)14-26-31-21/h3-14H,15H2,1-2H3,(H,26,31)(H,27,33)(H,28,29,30). The summed E-state index contributed by atoms with van der Waals surface area (Å²) in [6.07, 6.45) is 1.79. The third-order valence-electron chi connectivity index (χ3n) is 5.17. The van der Waals surface area contributed by atoms with Crippen LogP contribution in [0.15, 0.2) is 72.9 Å². The van der Waals surface area contributed by atoms with Gasteiger partial charge in [0, 0.05) is 27.7 Å². The zero-order chi connectivity index (χ0) is 22.8. The lowest BCUT2D eigenvalue weighted by Crippen LogP contribution is -2.27. The van der Waals surface area contributed by atoms with Crippen molar-refractivity contribution in [1.82, 2.24) is 25.1 Å². The fraction of sp³-hybridized carbons (Fsp3) is 0.120. The minimum absolute atomic E-state index is 0.0754. The highest BCUT2D eigenvalue weighted by Gasteiger charge is 2.12. The molecule has 0 unspecified atom stereocenters. The van der Waals surface area contributed by atoms with Gasteiger partial charge in [-0.25, -0.2) is 9.97 Å². The van der Waals surface area contributed by atoms with E-state index >= 15 is 0 Å². The number of benzene rings is 3. The fourth-order valence-corrected chi connectivity index (χ4v) is 3.68. The van der Waals surface area contributed by atoms with Crippen molar-refractivity contribution in [3.05, 3.63) is 72.9 Å². The van der Waals surface area contributed by atoms with E-state index in [1.807, 2.05) is 85.7 Å². The molecule has 0 saturated heterocycles. The van der Waals surface area contributed by atoms with E-state index in [2.05, 4.69) is 20.8 Å². The molecule has 2 aromatic heterocycles. The zero-order valence-electron chi connectivity index (χ0n) is 18.3. The number of aromatic amines is 1. The van der Waals surface area contributed by atoms with E-state index < -0.39 is 0 Å². The van der Waals surface area contributed by atoms with Crippen LogP contribution in [0.1, 0.15) is 0 Å². The quantitative estimate of drug-likeness (QED) is 0.364. The number of carbonyl (C=O) groups is 1. The lowest BCUT2D eigenvalue weighted by molar-refractivity contribution is -0.116. The molecule has 2 heterocycles. The predicted octanol–water partition coefficient (Wildman–Crippen LogP) is 4.42. The van der Waals surface area contributed by atoms with Gasteiger partial charge in [0.25, 0.3) is 0 Å². The number of para-hydroxylation sites is 1. The number of hydrogen-bond acceptors (Lipinski definition) is 6. The number of hydrogen-bond donors (Lipinski definition) is 3. The van der Waals surface area contributed by atoms with Gasteiger partial charge < -0.3 is 15.5 Å². The van der Waals surface area contributed by atoms with Crippen molar-refractivity contribution in [2.75, 3.05) is 31.3 Å². The Morgan fingerprint density at radius 2 is 1.85 bits per heavy atom. The maximum absolute atomic E-state index is 12.2. The number of rotatable bonds is 6. The maximum atomic E-state index is 12.2. The molecule has 8 nitrogen and oxygen atoms in total. The Morgan fingerprint density at radius 3 is 2.73 bits per heavy atom. The molecule has 0 bridgehead atoms. The molecule has 0 saturated carbocycles. The van der Waals surface area contributed by atoms with E-state index in [1.54, 1.807) is 6.20 Å². The first-order chi connectivity index (χ1) is 16.0. The average molecular weight is 438 g/mol. The van der Waals surface area contributed by atoms with Crippen LogP contribution in [0.2, 0.25) is 0 Å². The maximum Gasteiger partial charge on any atom is 0.238 e. The molecular weight excluding hydrogens is 414 g/mol. The molecule has 5 rings (SSSR count). The third kappa shape index (κ3) is 4.51. The van der Waals surface area contributed by atoms with Crippen LogP contribution >= 0.6 is 0 Å². The Bertz CT molecular complexity index is 1460. The van der Waals surface area contributed by atoms with Crippen LogP contribution in [0.5, 0.6) is 0 Å². The molecule has 0 aliphatic rings. The number of aromatic nitrogens is 4. The number of nitrogens with one attached hydrogen (secondary N) is 3. The molecule has 0 spiro atoms. The normalized spacial score (nSPS) is 11.2. The Balaban J connectivity index is 1.52. The van der Waals surface area contributed by atoms with Crippen LogP contribution in [0.4, 0.5) is 17.2 Å². The van der Waals surface area contributed by atoms with Gasteiger partial charge in [-0.05, 0) is 56.6 Å². The summed E-state index contributed by atoms with van der Waals surface area (Å²) in [6, 6.07) is 21.4. The minimum Gasteiger partial charge on any atom is -0.340 e. The van der Waals surface area contributed by atoms with Crippen molar-refractivity contribution >= 4 is 44.9 Å². The molecule has 0 radical (unpaired) electrons. The molecule has 8 heteroatoms. The Hall–Kier alpha value is -4.30. The summed E-state index contributed by atoms with van der Waals surface area (Å²) < 4.78 is 0. The number of fused-ring (bicyclic) bond motifs is 2. The number of amides is 1. The van der Waals surface area contributed by atoms with Gasteiger partial charge in [0.15, 0.2) is 5.82 Å². The Morgan fingerprint density at radius 1 is 0.970 bits per heavy atom. The average Bonchev–Trinajstić information content (AvgIpc) is 3.26. The molecule has 0 aliphatic heterocycles. The third-order valence-corrected chi connectivity index (χ3v) is 5.17. The molecule has 164 valence electrons. The van der Waals surface area contributed by atoms with Gasteiger partial charge >= 0.3 is 0 Å². The number of anilines is 3. The van der Waals surface area contributed by atoms with E-state index in [0.717, 1.165) is 33.1 Å². The Kier molecular flexibility index (Phi) is 5.42. The number of carbonyl (C=O) groups excluding carboxylic acids is 1. The van der Waals surface area contributed by atoms with Crippen molar-refractivity contribution in [3.8, 4) is 11.4 Å². The summed E-state index contributed by atoms with van der Waals surface area (Å²) in [5.74, 6) is 1.21. The second-order valence-corrected chi connectivity index (χ2v) is 8.08. The lowest BCUT2D eigenvalue weighted by Gasteiger charge is -2.13. The summed E-state index contributed by atoms with van der Waals surface area (Å²) in [6.45, 7) is 0.311. The van der Waals surface area contributed by atoms with Gasteiger partial charge in [0.2, 0.25) is 5.91 Å². The van der Waals surface area contributed by atoms with Crippen LogP contribution in [0.3, 0.4) is 0 Å². The molecule has 3 aromatic carbocycles. The summed E-state index contributed by atoms with van der Waals surface area (Å²) in [5, 5.41) is 15.4. The first-order valence-electron chi connectivity index (χ1n) is 10.6.